The summed E-state index contributed by atoms with van der Waals surface area (Å²) in [6.45, 7) is 9.13. The molecule has 1 aromatic carbocycles. The minimum Gasteiger partial charge on any atom is -0.493 e. The lowest BCUT2D eigenvalue weighted by Gasteiger charge is -2.25. The van der Waals surface area contributed by atoms with Gasteiger partial charge in [-0.3, -0.25) is 4.79 Å². The number of benzene rings is 1. The molecule has 1 aromatic rings. The largest absolute Gasteiger partial charge is 0.493 e. The number of ether oxygens (including phenoxy) is 4. The van der Waals surface area contributed by atoms with Gasteiger partial charge in [-0.25, -0.2) is 0 Å². The SMILES string of the molecule is CCOc1cc(C2(C)OCCO2)cc(OCC)c1C(C)=O. The zero-order valence-corrected chi connectivity index (χ0v) is 13.0. The molecule has 0 amide bonds. The summed E-state index contributed by atoms with van der Waals surface area (Å²) in [5.74, 6) is 0.0944. The molecule has 0 spiro atoms. The van der Waals surface area contributed by atoms with Crippen molar-refractivity contribution in [1.29, 1.82) is 0 Å². The first-order valence-electron chi connectivity index (χ1n) is 7.24. The minimum atomic E-state index is -0.826. The summed E-state index contributed by atoms with van der Waals surface area (Å²) in [6, 6.07) is 3.60. The third-order valence-electron chi connectivity index (χ3n) is 3.38. The lowest BCUT2D eigenvalue weighted by molar-refractivity contribution is -0.149. The number of hydrogen-bond acceptors (Lipinski definition) is 5. The van der Waals surface area contributed by atoms with Crippen molar-refractivity contribution in [2.45, 2.75) is 33.5 Å². The van der Waals surface area contributed by atoms with E-state index >= 15 is 0 Å². The Labute approximate surface area is 125 Å². The van der Waals surface area contributed by atoms with E-state index in [4.69, 9.17) is 18.9 Å². The fourth-order valence-corrected chi connectivity index (χ4v) is 2.42. The second-order valence-electron chi connectivity index (χ2n) is 4.91. The van der Waals surface area contributed by atoms with E-state index in [2.05, 4.69) is 0 Å². The Morgan fingerprint density at radius 2 is 1.62 bits per heavy atom. The van der Waals surface area contributed by atoms with Gasteiger partial charge in [0.25, 0.3) is 0 Å². The molecule has 1 heterocycles. The predicted octanol–water partition coefficient (Wildman–Crippen LogP) is 2.91. The maximum Gasteiger partial charge on any atom is 0.192 e. The number of Topliss-reactive ketones (excluding diaryl/α,β-unsaturated/α-hetero) is 1. The van der Waals surface area contributed by atoms with Crippen molar-refractivity contribution in [2.24, 2.45) is 0 Å². The zero-order valence-electron chi connectivity index (χ0n) is 13.0. The van der Waals surface area contributed by atoms with E-state index in [-0.39, 0.29) is 5.78 Å². The first kappa shape index (κ1) is 15.8. The molecular weight excluding hydrogens is 272 g/mol. The van der Waals surface area contributed by atoms with Crippen LogP contribution in [-0.2, 0) is 15.3 Å². The molecular formula is C16H22O5. The minimum absolute atomic E-state index is 0.0909. The Balaban J connectivity index is 2.55. The number of hydrogen-bond donors (Lipinski definition) is 0. The van der Waals surface area contributed by atoms with Crippen molar-refractivity contribution in [3.05, 3.63) is 23.3 Å². The molecule has 5 heteroatoms. The predicted molar refractivity (Wildman–Crippen MR) is 78.0 cm³/mol. The normalized spacial score (nSPS) is 16.8. The maximum absolute atomic E-state index is 11.9. The van der Waals surface area contributed by atoms with Gasteiger partial charge in [-0.15, -0.1) is 0 Å². The molecule has 0 atom stereocenters. The van der Waals surface area contributed by atoms with Crippen LogP contribution in [0, 0.1) is 0 Å². The van der Waals surface area contributed by atoms with Crippen LogP contribution in [0.4, 0.5) is 0 Å². The monoisotopic (exact) mass is 294 g/mol. The van der Waals surface area contributed by atoms with Crippen LogP contribution in [0.5, 0.6) is 11.5 Å². The average molecular weight is 294 g/mol. The first-order chi connectivity index (χ1) is 10.0. The van der Waals surface area contributed by atoms with Gasteiger partial charge in [-0.05, 0) is 39.8 Å². The molecule has 116 valence electrons. The van der Waals surface area contributed by atoms with E-state index in [9.17, 15) is 4.79 Å². The summed E-state index contributed by atoms with van der Waals surface area (Å²) in [5, 5.41) is 0. The quantitative estimate of drug-likeness (QED) is 0.755. The Morgan fingerprint density at radius 1 is 1.14 bits per heavy atom. The third-order valence-corrected chi connectivity index (χ3v) is 3.38. The second-order valence-corrected chi connectivity index (χ2v) is 4.91. The average Bonchev–Trinajstić information content (AvgIpc) is 2.87. The molecule has 21 heavy (non-hydrogen) atoms. The summed E-state index contributed by atoms with van der Waals surface area (Å²) in [7, 11) is 0. The molecule has 1 aliphatic heterocycles. The highest BCUT2D eigenvalue weighted by atomic mass is 16.7. The summed E-state index contributed by atoms with van der Waals surface area (Å²) < 4.78 is 22.6. The third kappa shape index (κ3) is 3.19. The highest BCUT2D eigenvalue weighted by Crippen LogP contribution is 2.39. The van der Waals surface area contributed by atoms with Gasteiger partial charge < -0.3 is 18.9 Å². The van der Waals surface area contributed by atoms with Crippen LogP contribution in [0.3, 0.4) is 0 Å². The summed E-state index contributed by atoms with van der Waals surface area (Å²) in [4.78, 5) is 11.9. The van der Waals surface area contributed by atoms with Gasteiger partial charge in [0.2, 0.25) is 0 Å². The fraction of sp³-hybridized carbons (Fsp3) is 0.562. The van der Waals surface area contributed by atoms with Gasteiger partial charge in [0.05, 0.1) is 26.4 Å². The van der Waals surface area contributed by atoms with Crippen LogP contribution in [0.1, 0.15) is 43.6 Å². The molecule has 5 nitrogen and oxygen atoms in total. The molecule has 0 radical (unpaired) electrons. The Kier molecular flexibility index (Phi) is 4.85. The van der Waals surface area contributed by atoms with Crippen molar-refractivity contribution < 1.29 is 23.7 Å². The van der Waals surface area contributed by atoms with Gasteiger partial charge in [-0.2, -0.15) is 0 Å². The topological polar surface area (TPSA) is 54.0 Å². The van der Waals surface area contributed by atoms with Crippen LogP contribution < -0.4 is 9.47 Å². The highest BCUT2D eigenvalue weighted by Gasteiger charge is 2.35. The number of rotatable bonds is 6. The van der Waals surface area contributed by atoms with Crippen molar-refractivity contribution in [3.8, 4) is 11.5 Å². The maximum atomic E-state index is 11.9. The number of ketones is 1. The van der Waals surface area contributed by atoms with Gasteiger partial charge in [0, 0.05) is 5.56 Å². The second kappa shape index (κ2) is 6.45. The molecule has 0 unspecified atom stereocenters. The lowest BCUT2D eigenvalue weighted by atomic mass is 10.0. The van der Waals surface area contributed by atoms with E-state index in [1.165, 1.54) is 6.92 Å². The number of carbonyl (C=O) groups is 1. The fourth-order valence-electron chi connectivity index (χ4n) is 2.42. The lowest BCUT2D eigenvalue weighted by Crippen LogP contribution is -2.23. The van der Waals surface area contributed by atoms with E-state index < -0.39 is 5.79 Å². The molecule has 1 saturated heterocycles. The highest BCUT2D eigenvalue weighted by molar-refractivity contribution is 5.99. The smallest absolute Gasteiger partial charge is 0.192 e. The van der Waals surface area contributed by atoms with Crippen molar-refractivity contribution in [2.75, 3.05) is 26.4 Å². The van der Waals surface area contributed by atoms with Crippen molar-refractivity contribution in [3.63, 3.8) is 0 Å². The molecule has 0 saturated carbocycles. The molecule has 1 fully saturated rings. The molecule has 0 aromatic heterocycles. The van der Waals surface area contributed by atoms with E-state index in [0.29, 0.717) is 43.5 Å². The first-order valence-corrected chi connectivity index (χ1v) is 7.24. The summed E-state index contributed by atoms with van der Waals surface area (Å²) in [6.07, 6.45) is 0. The van der Waals surface area contributed by atoms with E-state index in [1.54, 1.807) is 12.1 Å². The van der Waals surface area contributed by atoms with Crippen LogP contribution in [0.25, 0.3) is 0 Å². The van der Waals surface area contributed by atoms with Crippen LogP contribution >= 0.6 is 0 Å². The van der Waals surface area contributed by atoms with Crippen molar-refractivity contribution >= 4 is 5.78 Å². The molecule has 0 N–H and O–H groups in total. The van der Waals surface area contributed by atoms with E-state index in [0.717, 1.165) is 5.56 Å². The van der Waals surface area contributed by atoms with Gasteiger partial charge in [0.1, 0.15) is 17.1 Å². The Hall–Kier alpha value is -1.59. The molecule has 1 aliphatic rings. The Bertz CT molecular complexity index is 490. The zero-order chi connectivity index (χ0) is 15.5. The molecule has 0 aliphatic carbocycles. The van der Waals surface area contributed by atoms with Gasteiger partial charge in [-0.1, -0.05) is 0 Å². The van der Waals surface area contributed by atoms with Crippen molar-refractivity contribution in [1.82, 2.24) is 0 Å². The van der Waals surface area contributed by atoms with E-state index in [1.807, 2.05) is 20.8 Å². The molecule has 0 bridgehead atoms. The van der Waals surface area contributed by atoms with Crippen LogP contribution in [-0.4, -0.2) is 32.2 Å². The van der Waals surface area contributed by atoms with Crippen LogP contribution in [0.15, 0.2) is 12.1 Å². The standard InChI is InChI=1S/C16H22O5/c1-5-18-13-9-12(16(4)20-7-8-21-16)10-14(19-6-2)15(13)11(3)17/h9-10H,5-8H2,1-4H3. The summed E-state index contributed by atoms with van der Waals surface area (Å²) >= 11 is 0. The Morgan fingerprint density at radius 3 is 2.00 bits per heavy atom. The van der Waals surface area contributed by atoms with Crippen LogP contribution in [0.2, 0.25) is 0 Å². The number of carbonyl (C=O) groups excluding carboxylic acids is 1. The van der Waals surface area contributed by atoms with Gasteiger partial charge in [0.15, 0.2) is 11.6 Å². The van der Waals surface area contributed by atoms with Gasteiger partial charge >= 0.3 is 0 Å². The summed E-state index contributed by atoms with van der Waals surface area (Å²) in [5.41, 5.74) is 1.25. The molecule has 2 rings (SSSR count).